The lowest BCUT2D eigenvalue weighted by Crippen LogP contribution is -2.45. The second kappa shape index (κ2) is 9.94. The van der Waals surface area contributed by atoms with Crippen LogP contribution in [-0.4, -0.2) is 41.8 Å². The van der Waals surface area contributed by atoms with Gasteiger partial charge in [0.1, 0.15) is 6.61 Å². The van der Waals surface area contributed by atoms with Crippen LogP contribution in [0.5, 0.6) is 0 Å². The highest BCUT2D eigenvalue weighted by atomic mass is 16.5. The van der Waals surface area contributed by atoms with Crippen molar-refractivity contribution >= 4 is 18.0 Å². The zero-order valence-corrected chi connectivity index (χ0v) is 19.5. The lowest BCUT2D eigenvalue weighted by atomic mass is 9.84. The summed E-state index contributed by atoms with van der Waals surface area (Å²) >= 11 is 0. The molecule has 5 rings (SSSR count). The molecule has 3 aliphatic rings. The van der Waals surface area contributed by atoms with E-state index in [1.54, 1.807) is 0 Å². The van der Waals surface area contributed by atoms with Crippen molar-refractivity contribution in [3.05, 3.63) is 71.3 Å². The van der Waals surface area contributed by atoms with Crippen molar-refractivity contribution in [3.63, 3.8) is 0 Å². The summed E-state index contributed by atoms with van der Waals surface area (Å²) in [5, 5.41) is 15.2. The first-order valence-electron chi connectivity index (χ1n) is 12.4. The number of carboxylic acid groups (broad SMARTS) is 1. The van der Waals surface area contributed by atoms with Crippen molar-refractivity contribution in [1.29, 1.82) is 0 Å². The Morgan fingerprint density at radius 1 is 0.914 bits per heavy atom. The van der Waals surface area contributed by atoms with Crippen LogP contribution in [0.15, 0.2) is 60.2 Å². The van der Waals surface area contributed by atoms with Gasteiger partial charge in [0.2, 0.25) is 5.91 Å². The second-order valence-corrected chi connectivity index (χ2v) is 9.65. The number of alkyl carbamates (subject to hydrolysis) is 1. The third kappa shape index (κ3) is 4.81. The molecule has 0 bridgehead atoms. The van der Waals surface area contributed by atoms with Gasteiger partial charge in [0, 0.05) is 23.6 Å². The molecule has 3 atom stereocenters. The smallest absolute Gasteiger partial charge is 0.407 e. The minimum absolute atomic E-state index is 0.00568. The molecule has 2 amide bonds. The Balaban J connectivity index is 1.13. The van der Waals surface area contributed by atoms with Gasteiger partial charge in [-0.05, 0) is 47.9 Å². The molecule has 0 spiro atoms. The Morgan fingerprint density at radius 3 is 2.26 bits per heavy atom. The van der Waals surface area contributed by atoms with Crippen molar-refractivity contribution in [2.24, 2.45) is 5.92 Å². The summed E-state index contributed by atoms with van der Waals surface area (Å²) in [5.41, 5.74) is 5.26. The van der Waals surface area contributed by atoms with Gasteiger partial charge in [-0.15, -0.1) is 0 Å². The van der Waals surface area contributed by atoms with E-state index in [2.05, 4.69) is 34.9 Å². The van der Waals surface area contributed by atoms with Crippen LogP contribution >= 0.6 is 0 Å². The number of aliphatic carboxylic acids is 1. The molecule has 2 aromatic rings. The average molecular weight is 475 g/mol. The van der Waals surface area contributed by atoms with E-state index in [1.165, 1.54) is 11.1 Å². The van der Waals surface area contributed by atoms with Gasteiger partial charge in [0.05, 0.1) is 5.92 Å². The fourth-order valence-electron chi connectivity index (χ4n) is 5.68. The minimum atomic E-state index is -0.856. The van der Waals surface area contributed by atoms with Crippen LogP contribution in [0, 0.1) is 5.92 Å². The Labute approximate surface area is 204 Å². The molecule has 1 saturated carbocycles. The first-order chi connectivity index (χ1) is 17.0. The maximum atomic E-state index is 12.7. The molecule has 0 aliphatic heterocycles. The highest BCUT2D eigenvalue weighted by molar-refractivity contribution is 5.94. The van der Waals surface area contributed by atoms with Crippen LogP contribution < -0.4 is 10.6 Å². The largest absolute Gasteiger partial charge is 0.481 e. The lowest BCUT2D eigenvalue weighted by molar-refractivity contribution is -0.144. The van der Waals surface area contributed by atoms with Gasteiger partial charge in [0.25, 0.3) is 0 Å². The van der Waals surface area contributed by atoms with E-state index in [-0.39, 0.29) is 30.5 Å². The maximum Gasteiger partial charge on any atom is 0.407 e. The first kappa shape index (κ1) is 23.1. The van der Waals surface area contributed by atoms with E-state index in [4.69, 9.17) is 4.74 Å². The first-order valence-corrected chi connectivity index (χ1v) is 12.4. The third-order valence-electron chi connectivity index (χ3n) is 7.47. The Hall–Kier alpha value is -3.61. The molecule has 35 heavy (non-hydrogen) atoms. The summed E-state index contributed by atoms with van der Waals surface area (Å²) in [7, 11) is 0. The molecule has 1 unspecified atom stereocenters. The van der Waals surface area contributed by atoms with E-state index >= 15 is 0 Å². The van der Waals surface area contributed by atoms with Gasteiger partial charge in [0.15, 0.2) is 0 Å². The molecule has 182 valence electrons. The van der Waals surface area contributed by atoms with Crippen molar-refractivity contribution < 1.29 is 24.2 Å². The number of ether oxygens (including phenoxy) is 1. The summed E-state index contributed by atoms with van der Waals surface area (Å²) in [4.78, 5) is 36.8. The number of hydrogen-bond donors (Lipinski definition) is 3. The molecule has 3 aliphatic carbocycles. The standard InChI is InChI=1S/C28H30N2O5/c31-26(30-25-12-6-5-11-23(25)27(32)33)17-13-14-18(15-17)29-28(34)35-16-24-21-9-3-1-7-19(21)20-8-2-4-10-22(20)24/h1-4,7-10,13,18,23-25H,5-6,11-12,14-16H2,(H,29,34)(H,30,31)(H,32,33)/t18?,23-,25+/m1/s1. The number of carboxylic acids is 1. The molecule has 7 nitrogen and oxygen atoms in total. The van der Waals surface area contributed by atoms with E-state index in [9.17, 15) is 19.5 Å². The maximum absolute atomic E-state index is 12.7. The van der Waals surface area contributed by atoms with Gasteiger partial charge >= 0.3 is 12.1 Å². The quantitative estimate of drug-likeness (QED) is 0.577. The van der Waals surface area contributed by atoms with Crippen LogP contribution in [-0.2, 0) is 14.3 Å². The van der Waals surface area contributed by atoms with Gasteiger partial charge in [-0.3, -0.25) is 9.59 Å². The highest BCUT2D eigenvalue weighted by Crippen LogP contribution is 2.44. The van der Waals surface area contributed by atoms with Crippen LogP contribution in [0.4, 0.5) is 4.79 Å². The van der Waals surface area contributed by atoms with Gasteiger partial charge in [-0.1, -0.05) is 67.4 Å². The van der Waals surface area contributed by atoms with Crippen LogP contribution in [0.2, 0.25) is 0 Å². The van der Waals surface area contributed by atoms with Crippen molar-refractivity contribution in [2.75, 3.05) is 6.61 Å². The molecular weight excluding hydrogens is 444 g/mol. The Bertz CT molecular complexity index is 1130. The second-order valence-electron chi connectivity index (χ2n) is 9.65. The lowest BCUT2D eigenvalue weighted by Gasteiger charge is -2.29. The SMILES string of the molecule is O=C(NC1CC=C(C(=O)N[C@H]2CCCC[C@H]2C(=O)O)C1)OCC1c2ccccc2-c2ccccc21. The summed E-state index contributed by atoms with van der Waals surface area (Å²) in [6, 6.07) is 15.8. The predicted molar refractivity (Wildman–Crippen MR) is 131 cm³/mol. The summed E-state index contributed by atoms with van der Waals surface area (Å²) in [6.45, 7) is 0.242. The Morgan fingerprint density at radius 2 is 1.57 bits per heavy atom. The minimum Gasteiger partial charge on any atom is -0.481 e. The molecule has 3 N–H and O–H groups in total. The molecular formula is C28H30N2O5. The molecule has 2 aromatic carbocycles. The van der Waals surface area contributed by atoms with Gasteiger partial charge in [-0.25, -0.2) is 4.79 Å². The number of nitrogens with one attached hydrogen (secondary N) is 2. The summed E-state index contributed by atoms with van der Waals surface area (Å²) < 4.78 is 5.62. The molecule has 0 aromatic heterocycles. The van der Waals surface area contributed by atoms with Crippen molar-refractivity contribution in [3.8, 4) is 11.1 Å². The molecule has 0 saturated heterocycles. The number of carbonyl (C=O) groups excluding carboxylic acids is 2. The molecule has 0 radical (unpaired) electrons. The van der Waals surface area contributed by atoms with Gasteiger partial charge in [-0.2, -0.15) is 0 Å². The zero-order chi connectivity index (χ0) is 24.4. The topological polar surface area (TPSA) is 105 Å². The van der Waals surface area contributed by atoms with E-state index in [0.717, 1.165) is 24.0 Å². The average Bonchev–Trinajstić information content (AvgIpc) is 3.46. The molecule has 1 fully saturated rings. The number of carbonyl (C=O) groups is 3. The predicted octanol–water partition coefficient (Wildman–Crippen LogP) is 4.37. The normalized spacial score (nSPS) is 23.1. The Kier molecular flexibility index (Phi) is 6.57. The fourth-order valence-corrected chi connectivity index (χ4v) is 5.68. The number of hydrogen-bond acceptors (Lipinski definition) is 4. The monoisotopic (exact) mass is 474 g/mol. The molecule has 0 heterocycles. The molecule has 7 heteroatoms. The van der Waals surface area contributed by atoms with E-state index in [1.807, 2.05) is 30.3 Å². The van der Waals surface area contributed by atoms with E-state index < -0.39 is 18.0 Å². The number of rotatable bonds is 6. The fraction of sp³-hybridized carbons (Fsp3) is 0.393. The third-order valence-corrected chi connectivity index (χ3v) is 7.47. The van der Waals surface area contributed by atoms with Crippen molar-refractivity contribution in [1.82, 2.24) is 10.6 Å². The van der Waals surface area contributed by atoms with E-state index in [0.29, 0.717) is 31.3 Å². The highest BCUT2D eigenvalue weighted by Gasteiger charge is 2.34. The number of benzene rings is 2. The van der Waals surface area contributed by atoms with Crippen LogP contribution in [0.25, 0.3) is 11.1 Å². The number of fused-ring (bicyclic) bond motifs is 3. The summed E-state index contributed by atoms with van der Waals surface area (Å²) in [6.07, 6.45) is 5.33. The van der Waals surface area contributed by atoms with Crippen molar-refractivity contribution in [2.45, 2.75) is 56.5 Å². The summed E-state index contributed by atoms with van der Waals surface area (Å²) in [5.74, 6) is -1.64. The van der Waals surface area contributed by atoms with Crippen LogP contribution in [0.1, 0.15) is 55.6 Å². The van der Waals surface area contributed by atoms with Gasteiger partial charge < -0.3 is 20.5 Å². The van der Waals surface area contributed by atoms with Crippen LogP contribution in [0.3, 0.4) is 0 Å². The number of amides is 2. The zero-order valence-electron chi connectivity index (χ0n) is 19.5.